The number of hydrogen-bond acceptors (Lipinski definition) is 6. The molecule has 3 aromatic rings. The number of carbonyl (C=O) groups excluding carboxylic acids is 1. The highest BCUT2D eigenvalue weighted by molar-refractivity contribution is 7.85. The van der Waals surface area contributed by atoms with E-state index in [0.29, 0.717) is 5.52 Å². The van der Waals surface area contributed by atoms with E-state index in [-0.39, 0.29) is 33.5 Å². The molecule has 0 fully saturated rings. The van der Waals surface area contributed by atoms with Crippen molar-refractivity contribution in [3.63, 3.8) is 0 Å². The number of nitrogens with one attached hydrogen (secondary N) is 2. The summed E-state index contributed by atoms with van der Waals surface area (Å²) < 4.78 is 41.6. The molecular formula is C14H12N2O7S. The highest BCUT2D eigenvalue weighted by Gasteiger charge is 2.18. The summed E-state index contributed by atoms with van der Waals surface area (Å²) in [5.74, 6) is 0.00652. The number of aromatic amines is 2. The minimum Gasteiger partial charge on any atom is -0.434 e. The first kappa shape index (κ1) is 16.0. The zero-order chi connectivity index (χ0) is 17.5. The van der Waals surface area contributed by atoms with E-state index >= 15 is 0 Å². The van der Waals surface area contributed by atoms with E-state index in [2.05, 4.69) is 14.7 Å². The second-order valence-electron chi connectivity index (χ2n) is 4.82. The number of pyridine rings is 1. The van der Waals surface area contributed by atoms with Crippen molar-refractivity contribution in [2.24, 2.45) is 0 Å². The Bertz CT molecular complexity index is 1110. The maximum Gasteiger partial charge on any atom is 0.513 e. The molecule has 3 N–H and O–H groups in total. The van der Waals surface area contributed by atoms with E-state index < -0.39 is 21.8 Å². The maximum absolute atomic E-state index is 12.1. The van der Waals surface area contributed by atoms with Gasteiger partial charge in [-0.1, -0.05) is 0 Å². The Balaban J connectivity index is 2.31. The molecule has 0 spiro atoms. The Morgan fingerprint density at radius 3 is 2.75 bits per heavy atom. The van der Waals surface area contributed by atoms with Gasteiger partial charge in [-0.25, -0.2) is 4.79 Å². The van der Waals surface area contributed by atoms with Gasteiger partial charge >= 0.3 is 6.16 Å². The molecule has 0 bridgehead atoms. The predicted octanol–water partition coefficient (Wildman–Crippen LogP) is 1.79. The standard InChI is InChI=1S/C14H12N2O7S/c1-2-22-14(18)23-10-6-15-12-11(10)8-5-7(24(19,20)21)3-4-9(8)16-13(12)17/h3-6,15H,2H2,1H3,(H,16,17)(H,19,20,21). The first-order chi connectivity index (χ1) is 11.3. The fourth-order valence-corrected chi connectivity index (χ4v) is 2.86. The molecule has 2 heterocycles. The summed E-state index contributed by atoms with van der Waals surface area (Å²) in [6.07, 6.45) is 0.328. The third kappa shape index (κ3) is 2.72. The van der Waals surface area contributed by atoms with Gasteiger partial charge < -0.3 is 19.4 Å². The number of rotatable bonds is 3. The smallest absolute Gasteiger partial charge is 0.434 e. The van der Waals surface area contributed by atoms with Gasteiger partial charge in [-0.05, 0) is 25.1 Å². The van der Waals surface area contributed by atoms with Crippen LogP contribution in [0.5, 0.6) is 5.75 Å². The monoisotopic (exact) mass is 352 g/mol. The van der Waals surface area contributed by atoms with Crippen LogP contribution in [0.2, 0.25) is 0 Å². The molecule has 0 aliphatic carbocycles. The second-order valence-corrected chi connectivity index (χ2v) is 6.25. The van der Waals surface area contributed by atoms with Gasteiger partial charge in [0.15, 0.2) is 5.75 Å². The molecule has 24 heavy (non-hydrogen) atoms. The van der Waals surface area contributed by atoms with Gasteiger partial charge in [0.1, 0.15) is 5.52 Å². The van der Waals surface area contributed by atoms with Crippen molar-refractivity contribution in [2.75, 3.05) is 6.61 Å². The number of fused-ring (bicyclic) bond motifs is 3. The molecule has 0 aliphatic heterocycles. The molecule has 10 heteroatoms. The Hall–Kier alpha value is -2.85. The molecule has 1 aromatic carbocycles. The average Bonchev–Trinajstić information content (AvgIpc) is 2.91. The lowest BCUT2D eigenvalue weighted by Gasteiger charge is -2.06. The van der Waals surface area contributed by atoms with E-state index in [0.717, 1.165) is 6.07 Å². The Morgan fingerprint density at radius 1 is 1.33 bits per heavy atom. The minimum atomic E-state index is -4.44. The third-order valence-corrected chi connectivity index (χ3v) is 4.18. The number of benzene rings is 1. The second kappa shape index (κ2) is 5.65. The molecule has 0 atom stereocenters. The van der Waals surface area contributed by atoms with Crippen molar-refractivity contribution < 1.29 is 27.2 Å². The van der Waals surface area contributed by atoms with Crippen LogP contribution in [0.4, 0.5) is 4.79 Å². The van der Waals surface area contributed by atoms with Crippen molar-refractivity contribution in [1.29, 1.82) is 0 Å². The summed E-state index contributed by atoms with van der Waals surface area (Å²) in [7, 11) is -4.44. The van der Waals surface area contributed by atoms with Gasteiger partial charge in [-0.3, -0.25) is 9.35 Å². The zero-order valence-electron chi connectivity index (χ0n) is 12.3. The van der Waals surface area contributed by atoms with E-state index in [4.69, 9.17) is 4.74 Å². The van der Waals surface area contributed by atoms with Gasteiger partial charge in [0.05, 0.1) is 16.9 Å². The van der Waals surface area contributed by atoms with Crippen molar-refractivity contribution >= 4 is 38.1 Å². The molecule has 0 saturated heterocycles. The molecule has 9 nitrogen and oxygen atoms in total. The zero-order valence-corrected chi connectivity index (χ0v) is 13.1. The van der Waals surface area contributed by atoms with Crippen LogP contribution in [-0.2, 0) is 14.9 Å². The number of ether oxygens (including phenoxy) is 2. The largest absolute Gasteiger partial charge is 0.513 e. The SMILES string of the molecule is CCOC(=O)Oc1c[nH]c2c(=O)[nH]c3ccc(S(=O)(=O)O)cc3c12. The van der Waals surface area contributed by atoms with Crippen LogP contribution in [0.1, 0.15) is 6.92 Å². The van der Waals surface area contributed by atoms with Crippen LogP contribution < -0.4 is 10.3 Å². The van der Waals surface area contributed by atoms with Crippen LogP contribution in [-0.4, -0.2) is 35.7 Å². The summed E-state index contributed by atoms with van der Waals surface area (Å²) in [6.45, 7) is 1.71. The summed E-state index contributed by atoms with van der Waals surface area (Å²) >= 11 is 0. The van der Waals surface area contributed by atoms with E-state index in [9.17, 15) is 22.6 Å². The molecular weight excluding hydrogens is 340 g/mol. The van der Waals surface area contributed by atoms with Crippen LogP contribution in [0, 0.1) is 0 Å². The first-order valence-electron chi connectivity index (χ1n) is 6.80. The van der Waals surface area contributed by atoms with Crippen LogP contribution in [0.15, 0.2) is 34.1 Å². The van der Waals surface area contributed by atoms with Crippen LogP contribution in [0.25, 0.3) is 21.8 Å². The summed E-state index contributed by atoms with van der Waals surface area (Å²) in [5, 5.41) is 0.479. The maximum atomic E-state index is 12.1. The number of H-pyrrole nitrogens is 2. The normalized spacial score (nSPS) is 11.8. The fourth-order valence-electron chi connectivity index (χ4n) is 2.35. The lowest BCUT2D eigenvalue weighted by Crippen LogP contribution is -2.10. The molecule has 3 rings (SSSR count). The average molecular weight is 352 g/mol. The van der Waals surface area contributed by atoms with E-state index in [1.165, 1.54) is 18.3 Å². The van der Waals surface area contributed by atoms with Crippen LogP contribution >= 0.6 is 0 Å². The molecule has 0 saturated carbocycles. The van der Waals surface area contributed by atoms with Gasteiger partial charge in [0.25, 0.3) is 15.7 Å². The molecule has 0 unspecified atom stereocenters. The van der Waals surface area contributed by atoms with Gasteiger partial charge in [0, 0.05) is 17.1 Å². The topological polar surface area (TPSA) is 139 Å². The van der Waals surface area contributed by atoms with E-state index in [1.807, 2.05) is 0 Å². The Kier molecular flexibility index (Phi) is 3.78. The van der Waals surface area contributed by atoms with Crippen molar-refractivity contribution in [3.8, 4) is 5.75 Å². The van der Waals surface area contributed by atoms with Crippen molar-refractivity contribution in [1.82, 2.24) is 9.97 Å². The minimum absolute atomic E-state index is 0.00652. The predicted molar refractivity (Wildman–Crippen MR) is 83.9 cm³/mol. The Morgan fingerprint density at radius 2 is 2.08 bits per heavy atom. The van der Waals surface area contributed by atoms with E-state index in [1.54, 1.807) is 6.92 Å². The van der Waals surface area contributed by atoms with Crippen molar-refractivity contribution in [3.05, 3.63) is 34.7 Å². The summed E-state index contributed by atoms with van der Waals surface area (Å²) in [4.78, 5) is 28.5. The highest BCUT2D eigenvalue weighted by Crippen LogP contribution is 2.31. The molecule has 0 aliphatic rings. The lowest BCUT2D eigenvalue weighted by atomic mass is 10.1. The molecule has 0 amide bonds. The molecule has 2 aromatic heterocycles. The van der Waals surface area contributed by atoms with Gasteiger partial charge in [-0.2, -0.15) is 8.42 Å². The Labute approximate surface area is 134 Å². The summed E-state index contributed by atoms with van der Waals surface area (Å²) in [6, 6.07) is 3.66. The highest BCUT2D eigenvalue weighted by atomic mass is 32.2. The fraction of sp³-hybridized carbons (Fsp3) is 0.143. The van der Waals surface area contributed by atoms with Gasteiger partial charge in [-0.15, -0.1) is 0 Å². The van der Waals surface area contributed by atoms with Crippen molar-refractivity contribution in [2.45, 2.75) is 11.8 Å². The van der Waals surface area contributed by atoms with Crippen LogP contribution in [0.3, 0.4) is 0 Å². The molecule has 0 radical (unpaired) electrons. The molecule has 126 valence electrons. The lowest BCUT2D eigenvalue weighted by molar-refractivity contribution is 0.105. The quantitative estimate of drug-likeness (QED) is 0.482. The third-order valence-electron chi connectivity index (χ3n) is 3.33. The van der Waals surface area contributed by atoms with Gasteiger partial charge in [0.2, 0.25) is 0 Å². The summed E-state index contributed by atoms with van der Waals surface area (Å²) in [5.41, 5.74) is -0.0710. The number of aromatic nitrogens is 2. The first-order valence-corrected chi connectivity index (χ1v) is 8.24. The number of carbonyl (C=O) groups is 1. The number of hydrogen-bond donors (Lipinski definition) is 3.